The van der Waals surface area contributed by atoms with E-state index in [1.807, 2.05) is 0 Å². The monoisotopic (exact) mass is 421 g/mol. The largest absolute Gasteiger partial charge is 0.337 e. The van der Waals surface area contributed by atoms with Crippen LogP contribution in [0.4, 0.5) is 4.39 Å². The zero-order chi connectivity index (χ0) is 19.9. The topological polar surface area (TPSA) is 76.3 Å². The first-order valence-electron chi connectivity index (χ1n) is 8.74. The Bertz CT molecular complexity index is 1130. The molecule has 0 radical (unpaired) electrons. The lowest BCUT2D eigenvalue weighted by Gasteiger charge is -2.22. The Balaban J connectivity index is 1.67. The van der Waals surface area contributed by atoms with Gasteiger partial charge >= 0.3 is 0 Å². The normalized spacial score (nSPS) is 17.9. The summed E-state index contributed by atoms with van der Waals surface area (Å²) >= 11 is 5.95. The molecule has 6 nitrogen and oxygen atoms in total. The summed E-state index contributed by atoms with van der Waals surface area (Å²) in [6.07, 6.45) is 1.24. The Labute approximate surface area is 167 Å². The third kappa shape index (κ3) is 3.43. The van der Waals surface area contributed by atoms with Crippen molar-refractivity contribution in [2.75, 3.05) is 6.54 Å². The highest BCUT2D eigenvalue weighted by Gasteiger charge is 2.40. The lowest BCUT2D eigenvalue weighted by Crippen LogP contribution is -2.31. The summed E-state index contributed by atoms with van der Waals surface area (Å²) in [5, 5.41) is 4.38. The average molecular weight is 422 g/mol. The molecular formula is C19H17ClFN3O3S. The van der Waals surface area contributed by atoms with Crippen LogP contribution in [0.2, 0.25) is 5.02 Å². The third-order valence-electron chi connectivity index (χ3n) is 4.74. The first-order chi connectivity index (χ1) is 13.4. The Morgan fingerprint density at radius 1 is 1.25 bits per heavy atom. The average Bonchev–Trinajstić information content (AvgIpc) is 3.31. The van der Waals surface area contributed by atoms with Crippen LogP contribution >= 0.6 is 11.6 Å². The van der Waals surface area contributed by atoms with Gasteiger partial charge in [-0.15, -0.1) is 0 Å². The van der Waals surface area contributed by atoms with Crippen LogP contribution in [0.15, 0.2) is 51.9 Å². The smallest absolute Gasteiger partial charge is 0.245 e. The van der Waals surface area contributed by atoms with Crippen molar-refractivity contribution in [2.24, 2.45) is 0 Å². The minimum absolute atomic E-state index is 0.201. The van der Waals surface area contributed by atoms with Crippen molar-refractivity contribution in [2.45, 2.75) is 30.7 Å². The molecule has 0 saturated carbocycles. The lowest BCUT2D eigenvalue weighted by molar-refractivity contribution is 0.290. The van der Waals surface area contributed by atoms with Crippen LogP contribution in [0.25, 0.3) is 11.4 Å². The van der Waals surface area contributed by atoms with Gasteiger partial charge in [0.05, 0.1) is 4.90 Å². The first kappa shape index (κ1) is 19.0. The van der Waals surface area contributed by atoms with Gasteiger partial charge in [-0.1, -0.05) is 28.9 Å². The summed E-state index contributed by atoms with van der Waals surface area (Å²) in [6, 6.07) is 9.96. The molecule has 0 bridgehead atoms. The fourth-order valence-electron chi connectivity index (χ4n) is 3.42. The second-order valence-corrected chi connectivity index (χ2v) is 8.95. The maximum absolute atomic E-state index is 13.4. The van der Waals surface area contributed by atoms with Crippen LogP contribution in [-0.2, 0) is 10.0 Å². The number of hydrogen-bond acceptors (Lipinski definition) is 5. The van der Waals surface area contributed by atoms with Gasteiger partial charge in [-0.25, -0.2) is 12.8 Å². The summed E-state index contributed by atoms with van der Waals surface area (Å²) in [5.74, 6) is 0.0144. The minimum Gasteiger partial charge on any atom is -0.337 e. The van der Waals surface area contributed by atoms with E-state index < -0.39 is 21.9 Å². The second-order valence-electron chi connectivity index (χ2n) is 6.65. The summed E-state index contributed by atoms with van der Waals surface area (Å²) in [4.78, 5) is 4.53. The van der Waals surface area contributed by atoms with Gasteiger partial charge in [-0.2, -0.15) is 9.29 Å². The third-order valence-corrected chi connectivity index (χ3v) is 7.04. The molecule has 0 N–H and O–H groups in total. The molecule has 0 unspecified atom stereocenters. The van der Waals surface area contributed by atoms with E-state index in [1.54, 1.807) is 31.2 Å². The number of halogens is 2. The highest BCUT2D eigenvalue weighted by molar-refractivity contribution is 7.89. The number of rotatable bonds is 4. The molecule has 146 valence electrons. The van der Waals surface area contributed by atoms with Crippen LogP contribution in [0.3, 0.4) is 0 Å². The molecule has 0 amide bonds. The first-order valence-corrected chi connectivity index (χ1v) is 10.6. The molecule has 1 aliphatic heterocycles. The zero-order valence-electron chi connectivity index (χ0n) is 15.0. The SMILES string of the molecule is Cc1cc(Cl)ccc1S(=O)(=O)N1CCC[C@@H]1c1nc(-c2cccc(F)c2)no1. The molecule has 1 aromatic heterocycles. The van der Waals surface area contributed by atoms with Gasteiger partial charge in [0, 0.05) is 17.1 Å². The number of nitrogens with zero attached hydrogens (tertiary/aromatic N) is 3. The maximum Gasteiger partial charge on any atom is 0.245 e. The quantitative estimate of drug-likeness (QED) is 0.625. The fourth-order valence-corrected chi connectivity index (χ4v) is 5.50. The van der Waals surface area contributed by atoms with E-state index in [-0.39, 0.29) is 16.6 Å². The molecule has 1 aliphatic rings. The van der Waals surface area contributed by atoms with Crippen LogP contribution in [0, 0.1) is 12.7 Å². The van der Waals surface area contributed by atoms with Gasteiger partial charge in [0.1, 0.15) is 11.9 Å². The van der Waals surface area contributed by atoms with Gasteiger partial charge in [0.15, 0.2) is 0 Å². The van der Waals surface area contributed by atoms with Crippen molar-refractivity contribution in [3.8, 4) is 11.4 Å². The number of aromatic nitrogens is 2. The molecule has 0 aliphatic carbocycles. The Hall–Kier alpha value is -2.29. The second kappa shape index (κ2) is 7.27. The minimum atomic E-state index is -3.76. The summed E-state index contributed by atoms with van der Waals surface area (Å²) < 4.78 is 46.6. The van der Waals surface area contributed by atoms with Crippen LogP contribution in [0.5, 0.6) is 0 Å². The molecular weight excluding hydrogens is 405 g/mol. The van der Waals surface area contributed by atoms with E-state index >= 15 is 0 Å². The molecule has 28 heavy (non-hydrogen) atoms. The molecule has 9 heteroatoms. The number of aryl methyl sites for hydroxylation is 1. The molecule has 4 rings (SSSR count). The molecule has 2 heterocycles. The van der Waals surface area contributed by atoms with Gasteiger partial charge in [0.25, 0.3) is 0 Å². The maximum atomic E-state index is 13.4. The number of benzene rings is 2. The fraction of sp³-hybridized carbons (Fsp3) is 0.263. The summed E-state index contributed by atoms with van der Waals surface area (Å²) in [7, 11) is -3.76. The van der Waals surface area contributed by atoms with Crippen LogP contribution < -0.4 is 0 Å². The van der Waals surface area contributed by atoms with E-state index in [0.717, 1.165) is 0 Å². The lowest BCUT2D eigenvalue weighted by atomic mass is 10.2. The molecule has 1 saturated heterocycles. The number of hydrogen-bond donors (Lipinski definition) is 0. The van der Waals surface area contributed by atoms with Gasteiger partial charge in [0.2, 0.25) is 21.7 Å². The van der Waals surface area contributed by atoms with Crippen LogP contribution in [0.1, 0.15) is 30.3 Å². The number of sulfonamides is 1. The van der Waals surface area contributed by atoms with Gasteiger partial charge in [-0.05, 0) is 55.7 Å². The van der Waals surface area contributed by atoms with Gasteiger partial charge < -0.3 is 4.52 Å². The van der Waals surface area contributed by atoms with E-state index in [9.17, 15) is 12.8 Å². The van der Waals surface area contributed by atoms with E-state index in [0.29, 0.717) is 35.5 Å². The van der Waals surface area contributed by atoms with Crippen molar-refractivity contribution in [1.29, 1.82) is 0 Å². The Morgan fingerprint density at radius 3 is 2.82 bits per heavy atom. The van der Waals surface area contributed by atoms with E-state index in [4.69, 9.17) is 16.1 Å². The highest BCUT2D eigenvalue weighted by atomic mass is 35.5. The van der Waals surface area contributed by atoms with E-state index in [1.165, 1.54) is 22.5 Å². The van der Waals surface area contributed by atoms with Gasteiger partial charge in [-0.3, -0.25) is 0 Å². The van der Waals surface area contributed by atoms with Crippen molar-refractivity contribution in [1.82, 2.24) is 14.4 Å². The predicted octanol–water partition coefficient (Wildman–Crippen LogP) is 4.36. The zero-order valence-corrected chi connectivity index (χ0v) is 16.5. The van der Waals surface area contributed by atoms with Crippen molar-refractivity contribution >= 4 is 21.6 Å². The van der Waals surface area contributed by atoms with Crippen molar-refractivity contribution in [3.63, 3.8) is 0 Å². The summed E-state index contributed by atoms with van der Waals surface area (Å²) in [6.45, 7) is 2.06. The van der Waals surface area contributed by atoms with Crippen LogP contribution in [-0.4, -0.2) is 29.4 Å². The Morgan fingerprint density at radius 2 is 2.07 bits per heavy atom. The van der Waals surface area contributed by atoms with E-state index in [2.05, 4.69) is 10.1 Å². The molecule has 3 aromatic rings. The molecule has 0 spiro atoms. The molecule has 1 fully saturated rings. The summed E-state index contributed by atoms with van der Waals surface area (Å²) in [5.41, 5.74) is 1.04. The predicted molar refractivity (Wildman–Crippen MR) is 102 cm³/mol. The standard InChI is InChI=1S/C19H17ClFN3O3S/c1-12-10-14(20)7-8-17(12)28(25,26)24-9-3-6-16(24)19-22-18(23-27-19)13-4-2-5-15(21)11-13/h2,4-5,7-8,10-11,16H,3,6,9H2,1H3/t16-/m1/s1. The molecule has 2 aromatic carbocycles. The Kier molecular flexibility index (Phi) is 4.95. The highest BCUT2D eigenvalue weighted by Crippen LogP contribution is 2.37. The van der Waals surface area contributed by atoms with Crippen molar-refractivity contribution < 1.29 is 17.3 Å². The van der Waals surface area contributed by atoms with Crippen molar-refractivity contribution in [3.05, 3.63) is 64.8 Å². The molecule has 1 atom stereocenters.